The largest absolute Gasteiger partial charge is 0.375 e. The van der Waals surface area contributed by atoms with Crippen molar-refractivity contribution in [3.05, 3.63) is 35.9 Å². The molecule has 0 bridgehead atoms. The summed E-state index contributed by atoms with van der Waals surface area (Å²) in [4.78, 5) is 18.2. The van der Waals surface area contributed by atoms with Gasteiger partial charge in [0, 0.05) is 26.7 Å². The van der Waals surface area contributed by atoms with Gasteiger partial charge in [0.1, 0.15) is 6.54 Å². The number of hydrogen-bond donors (Lipinski definition) is 2. The van der Waals surface area contributed by atoms with Gasteiger partial charge >= 0.3 is 0 Å². The van der Waals surface area contributed by atoms with E-state index in [1.807, 2.05) is 18.2 Å². The van der Waals surface area contributed by atoms with Crippen LogP contribution in [-0.2, 0) is 9.53 Å². The van der Waals surface area contributed by atoms with Gasteiger partial charge in [-0.1, -0.05) is 43.2 Å². The van der Waals surface area contributed by atoms with Gasteiger partial charge in [-0.2, -0.15) is 0 Å². The molecule has 1 amide bonds. The third kappa shape index (κ3) is 5.47. The number of nitrogens with zero attached hydrogens (tertiary/aromatic N) is 2. The predicted octanol–water partition coefficient (Wildman–Crippen LogP) is 2.86. The summed E-state index contributed by atoms with van der Waals surface area (Å²) in [7, 11) is 3.51. The van der Waals surface area contributed by atoms with Crippen molar-refractivity contribution in [2.75, 3.05) is 27.2 Å². The number of carbonyl (C=O) groups is 1. The highest BCUT2D eigenvalue weighted by Gasteiger charge is 2.40. The zero-order valence-electron chi connectivity index (χ0n) is 17.4. The molecule has 6 nitrogen and oxygen atoms in total. The summed E-state index contributed by atoms with van der Waals surface area (Å²) in [6.45, 7) is 3.04. The summed E-state index contributed by atoms with van der Waals surface area (Å²) in [5, 5.41) is 7.07. The van der Waals surface area contributed by atoms with Crippen LogP contribution in [0.4, 0.5) is 0 Å². The first kappa shape index (κ1) is 20.6. The first-order valence-electron chi connectivity index (χ1n) is 10.4. The maximum atomic E-state index is 12.0. The minimum absolute atomic E-state index is 0.00675. The summed E-state index contributed by atoms with van der Waals surface area (Å²) < 4.78 is 6.16. The molecular formula is C22H34N4O2. The van der Waals surface area contributed by atoms with Crippen molar-refractivity contribution in [2.24, 2.45) is 4.99 Å². The number of hydrogen-bond acceptors (Lipinski definition) is 3. The average molecular weight is 387 g/mol. The minimum atomic E-state index is -0.00675. The van der Waals surface area contributed by atoms with Crippen LogP contribution in [0.5, 0.6) is 0 Å². The molecule has 3 rings (SSSR count). The molecule has 2 N–H and O–H groups in total. The standard InChI is InChI=1S/C22H34N4O2/c1-17(18-9-5-4-6-10-18)24-21(23-16-20(27)26(2)3)25-19-11-14-28-22(15-19)12-7-8-13-22/h4-6,9-10,17,19H,7-8,11-16H2,1-3H3,(H2,23,24,25). The lowest BCUT2D eigenvalue weighted by Crippen LogP contribution is -2.51. The maximum absolute atomic E-state index is 12.0. The van der Waals surface area contributed by atoms with E-state index in [-0.39, 0.29) is 24.1 Å². The fraction of sp³-hybridized carbons (Fsp3) is 0.636. The molecular weight excluding hydrogens is 352 g/mol. The molecule has 2 aliphatic rings. The Morgan fingerprint density at radius 2 is 2.00 bits per heavy atom. The molecule has 154 valence electrons. The molecule has 1 aliphatic carbocycles. The Morgan fingerprint density at radius 3 is 2.68 bits per heavy atom. The van der Waals surface area contributed by atoms with Crippen LogP contribution in [-0.4, -0.2) is 55.7 Å². The van der Waals surface area contributed by atoms with E-state index in [0.29, 0.717) is 12.0 Å². The number of benzene rings is 1. The predicted molar refractivity (Wildman–Crippen MR) is 112 cm³/mol. The Bertz CT molecular complexity index is 668. The second kappa shape index (κ2) is 9.41. The third-order valence-electron chi connectivity index (χ3n) is 5.87. The minimum Gasteiger partial charge on any atom is -0.375 e. The number of guanidine groups is 1. The van der Waals surface area contributed by atoms with Crippen LogP contribution in [0.15, 0.2) is 35.3 Å². The van der Waals surface area contributed by atoms with Crippen LogP contribution in [0.1, 0.15) is 57.1 Å². The van der Waals surface area contributed by atoms with Gasteiger partial charge in [0.15, 0.2) is 5.96 Å². The normalized spacial score (nSPS) is 22.7. The summed E-state index contributed by atoms with van der Waals surface area (Å²) in [5.41, 5.74) is 1.24. The number of likely N-dealkylation sites (N-methyl/N-ethyl adjacent to an activating group) is 1. The van der Waals surface area contributed by atoms with Crippen molar-refractivity contribution < 1.29 is 9.53 Å². The molecule has 0 radical (unpaired) electrons. The molecule has 1 aromatic rings. The third-order valence-corrected chi connectivity index (χ3v) is 5.87. The first-order valence-corrected chi connectivity index (χ1v) is 10.4. The highest BCUT2D eigenvalue weighted by molar-refractivity contribution is 5.85. The number of ether oxygens (including phenoxy) is 1. The fourth-order valence-corrected chi connectivity index (χ4v) is 4.16. The zero-order chi connectivity index (χ0) is 20.0. The fourth-order valence-electron chi connectivity index (χ4n) is 4.16. The maximum Gasteiger partial charge on any atom is 0.243 e. The van der Waals surface area contributed by atoms with E-state index in [0.717, 1.165) is 32.3 Å². The highest BCUT2D eigenvalue weighted by Crippen LogP contribution is 2.39. The molecule has 0 aromatic heterocycles. The molecule has 1 aliphatic heterocycles. The number of nitrogens with one attached hydrogen (secondary N) is 2. The van der Waals surface area contributed by atoms with Gasteiger partial charge in [0.25, 0.3) is 0 Å². The van der Waals surface area contributed by atoms with Crippen molar-refractivity contribution in [3.8, 4) is 0 Å². The van der Waals surface area contributed by atoms with Gasteiger partial charge < -0.3 is 20.3 Å². The monoisotopic (exact) mass is 386 g/mol. The summed E-state index contributed by atoms with van der Waals surface area (Å²) in [6.07, 6.45) is 6.80. The van der Waals surface area contributed by atoms with Crippen LogP contribution < -0.4 is 10.6 Å². The highest BCUT2D eigenvalue weighted by atomic mass is 16.5. The van der Waals surface area contributed by atoms with E-state index in [4.69, 9.17) is 4.74 Å². The first-order chi connectivity index (χ1) is 13.5. The molecule has 1 saturated heterocycles. The Labute approximate surface area is 168 Å². The summed E-state index contributed by atoms with van der Waals surface area (Å²) in [6, 6.07) is 10.7. The molecule has 6 heteroatoms. The molecule has 2 fully saturated rings. The molecule has 2 unspecified atom stereocenters. The van der Waals surface area contributed by atoms with Gasteiger partial charge in [0.2, 0.25) is 5.91 Å². The Balaban J connectivity index is 1.68. The zero-order valence-corrected chi connectivity index (χ0v) is 17.4. The van der Waals surface area contributed by atoms with Gasteiger partial charge in [-0.3, -0.25) is 4.79 Å². The lowest BCUT2D eigenvalue weighted by molar-refractivity contribution is -0.127. The quantitative estimate of drug-likeness (QED) is 0.603. The summed E-state index contributed by atoms with van der Waals surface area (Å²) >= 11 is 0. The van der Waals surface area contributed by atoms with Crippen LogP contribution in [0.25, 0.3) is 0 Å². The number of rotatable bonds is 5. The average Bonchev–Trinajstić information content (AvgIpc) is 3.13. The van der Waals surface area contributed by atoms with Crippen LogP contribution in [0.2, 0.25) is 0 Å². The number of carbonyl (C=O) groups excluding carboxylic acids is 1. The number of aliphatic imine (C=N–C) groups is 1. The van der Waals surface area contributed by atoms with E-state index in [1.54, 1.807) is 19.0 Å². The van der Waals surface area contributed by atoms with E-state index < -0.39 is 0 Å². The van der Waals surface area contributed by atoms with Crippen molar-refractivity contribution in [1.29, 1.82) is 0 Å². The molecule has 1 saturated carbocycles. The molecule has 28 heavy (non-hydrogen) atoms. The van der Waals surface area contributed by atoms with Gasteiger partial charge in [-0.05, 0) is 38.2 Å². The van der Waals surface area contributed by atoms with Crippen molar-refractivity contribution in [2.45, 2.75) is 63.1 Å². The second-order valence-electron chi connectivity index (χ2n) is 8.30. The van der Waals surface area contributed by atoms with Gasteiger partial charge in [0.05, 0.1) is 11.6 Å². The van der Waals surface area contributed by atoms with E-state index in [2.05, 4.69) is 34.7 Å². The smallest absolute Gasteiger partial charge is 0.243 e. The molecule has 2 atom stereocenters. The van der Waals surface area contributed by atoms with Crippen molar-refractivity contribution in [3.63, 3.8) is 0 Å². The molecule has 1 spiro atoms. The molecule has 1 heterocycles. The van der Waals surface area contributed by atoms with Crippen LogP contribution in [0.3, 0.4) is 0 Å². The van der Waals surface area contributed by atoms with Gasteiger partial charge in [-0.25, -0.2) is 4.99 Å². The van der Waals surface area contributed by atoms with Crippen molar-refractivity contribution >= 4 is 11.9 Å². The second-order valence-corrected chi connectivity index (χ2v) is 8.30. The van der Waals surface area contributed by atoms with Crippen LogP contribution in [0, 0.1) is 0 Å². The Kier molecular flexibility index (Phi) is 6.94. The van der Waals surface area contributed by atoms with E-state index in [9.17, 15) is 4.79 Å². The SMILES string of the molecule is CC(NC(=NCC(=O)N(C)C)NC1CCOC2(CCCC2)C1)c1ccccc1. The van der Waals surface area contributed by atoms with E-state index in [1.165, 1.54) is 18.4 Å². The topological polar surface area (TPSA) is 66.0 Å². The van der Waals surface area contributed by atoms with Crippen molar-refractivity contribution in [1.82, 2.24) is 15.5 Å². The summed E-state index contributed by atoms with van der Waals surface area (Å²) in [5.74, 6) is 0.694. The Morgan fingerprint density at radius 1 is 1.29 bits per heavy atom. The number of amides is 1. The van der Waals surface area contributed by atoms with E-state index >= 15 is 0 Å². The molecule has 1 aromatic carbocycles. The van der Waals surface area contributed by atoms with Crippen LogP contribution >= 0.6 is 0 Å². The Hall–Kier alpha value is -2.08. The van der Waals surface area contributed by atoms with Gasteiger partial charge in [-0.15, -0.1) is 0 Å². The lowest BCUT2D eigenvalue weighted by Gasteiger charge is -2.39. The lowest BCUT2D eigenvalue weighted by atomic mass is 9.89.